The maximum absolute atomic E-state index is 12.4. The van der Waals surface area contributed by atoms with E-state index in [1.165, 1.54) is 14.2 Å². The molecule has 0 saturated heterocycles. The first-order valence-corrected chi connectivity index (χ1v) is 7.81. The Hall–Kier alpha value is -1.16. The van der Waals surface area contributed by atoms with Crippen molar-refractivity contribution in [3.8, 4) is 0 Å². The summed E-state index contributed by atoms with van der Waals surface area (Å²) in [6, 6.07) is 7.00. The van der Waals surface area contributed by atoms with Gasteiger partial charge in [-0.3, -0.25) is 9.36 Å². The molecule has 0 spiro atoms. The molecule has 0 amide bonds. The minimum absolute atomic E-state index is 0.180. The zero-order chi connectivity index (χ0) is 15.6. The van der Waals surface area contributed by atoms with Gasteiger partial charge in [-0.25, -0.2) is 0 Å². The van der Waals surface area contributed by atoms with Crippen LogP contribution in [0.4, 0.5) is 5.69 Å². The number of carbonyl (C=O) groups is 1. The molecule has 0 fully saturated rings. The van der Waals surface area contributed by atoms with E-state index < -0.39 is 13.1 Å². The number of carbonyl (C=O) groups excluding carboxylic acids is 1. The molecule has 112 valence electrons. The van der Waals surface area contributed by atoms with E-state index in [1.807, 2.05) is 44.9 Å². The lowest BCUT2D eigenvalue weighted by Crippen LogP contribution is -2.38. The van der Waals surface area contributed by atoms with Crippen LogP contribution in [0, 0.1) is 0 Å². The van der Waals surface area contributed by atoms with E-state index in [2.05, 4.69) is 0 Å². The molecule has 1 aromatic carbocycles. The smallest absolute Gasteiger partial charge is 0.369 e. The van der Waals surface area contributed by atoms with Crippen molar-refractivity contribution in [2.75, 3.05) is 26.2 Å². The number of rotatable bonds is 5. The highest BCUT2D eigenvalue weighted by Crippen LogP contribution is 2.51. The van der Waals surface area contributed by atoms with Gasteiger partial charge in [0.1, 0.15) is 0 Å². The average molecular weight is 299 g/mol. The molecule has 1 rings (SSSR count). The maximum atomic E-state index is 12.4. The van der Waals surface area contributed by atoms with Crippen LogP contribution in [0.1, 0.15) is 31.1 Å². The van der Waals surface area contributed by atoms with Gasteiger partial charge in [-0.2, -0.15) is 0 Å². The number of nitrogens with zero attached hydrogens (tertiary/aromatic N) is 1. The molecular weight excluding hydrogens is 277 g/mol. The molecule has 20 heavy (non-hydrogen) atoms. The van der Waals surface area contributed by atoms with Crippen molar-refractivity contribution in [3.63, 3.8) is 0 Å². The first kappa shape index (κ1) is 16.9. The summed E-state index contributed by atoms with van der Waals surface area (Å²) in [5.41, 5.74) is 0.214. The Bertz CT molecular complexity index is 528. The van der Waals surface area contributed by atoms with Crippen molar-refractivity contribution in [1.82, 2.24) is 0 Å². The molecule has 0 radical (unpaired) electrons. The summed E-state index contributed by atoms with van der Waals surface area (Å²) in [5, 5.41) is 0. The molecule has 0 unspecified atom stereocenters. The van der Waals surface area contributed by atoms with Gasteiger partial charge in [0.25, 0.3) is 5.52 Å². The SMILES string of the molecule is COP(=O)(OC)C(=O)c1ccccc1N(C)C(C)(C)C. The minimum atomic E-state index is -3.78. The fraction of sp³-hybridized carbons (Fsp3) is 0.500. The van der Waals surface area contributed by atoms with Crippen LogP contribution in [0.3, 0.4) is 0 Å². The monoisotopic (exact) mass is 299 g/mol. The normalized spacial score (nSPS) is 12.3. The summed E-state index contributed by atoms with van der Waals surface area (Å²) in [7, 11) is 0.520. The second-order valence-electron chi connectivity index (χ2n) is 5.41. The highest BCUT2D eigenvalue weighted by Gasteiger charge is 2.36. The van der Waals surface area contributed by atoms with Crippen LogP contribution < -0.4 is 4.90 Å². The van der Waals surface area contributed by atoms with Gasteiger partial charge in [-0.1, -0.05) is 12.1 Å². The number of hydrogen-bond donors (Lipinski definition) is 0. The zero-order valence-corrected chi connectivity index (χ0v) is 13.7. The van der Waals surface area contributed by atoms with Gasteiger partial charge >= 0.3 is 7.60 Å². The second-order valence-corrected chi connectivity index (χ2v) is 7.55. The van der Waals surface area contributed by atoms with Crippen LogP contribution in [0.15, 0.2) is 24.3 Å². The molecule has 0 aromatic heterocycles. The molecular formula is C14H22NO4P. The Balaban J connectivity index is 3.34. The van der Waals surface area contributed by atoms with Gasteiger partial charge in [-0.05, 0) is 32.9 Å². The standard InChI is InChI=1S/C14H22NO4P/c1-14(2,3)15(4)12-10-8-7-9-11(12)13(16)20(17,18-5)19-6/h7-10H,1-6H3. The van der Waals surface area contributed by atoms with Gasteiger partial charge in [0.05, 0.1) is 5.56 Å². The van der Waals surface area contributed by atoms with Gasteiger partial charge in [-0.15, -0.1) is 0 Å². The Morgan fingerprint density at radius 1 is 1.15 bits per heavy atom. The van der Waals surface area contributed by atoms with Crippen LogP contribution in [-0.4, -0.2) is 32.3 Å². The van der Waals surface area contributed by atoms with Crippen molar-refractivity contribution in [2.45, 2.75) is 26.3 Å². The van der Waals surface area contributed by atoms with E-state index in [4.69, 9.17) is 9.05 Å². The summed E-state index contributed by atoms with van der Waals surface area (Å²) in [4.78, 5) is 14.4. The van der Waals surface area contributed by atoms with E-state index in [0.717, 1.165) is 0 Å². The summed E-state index contributed by atoms with van der Waals surface area (Å²) >= 11 is 0. The predicted molar refractivity (Wildman–Crippen MR) is 80.6 cm³/mol. The largest absolute Gasteiger partial charge is 0.401 e. The maximum Gasteiger partial charge on any atom is 0.401 e. The molecule has 0 N–H and O–H groups in total. The summed E-state index contributed by atoms with van der Waals surface area (Å²) in [6.07, 6.45) is 0. The lowest BCUT2D eigenvalue weighted by atomic mass is 10.0. The van der Waals surface area contributed by atoms with Gasteiger partial charge in [0.15, 0.2) is 0 Å². The van der Waals surface area contributed by atoms with E-state index >= 15 is 0 Å². The highest BCUT2D eigenvalue weighted by molar-refractivity contribution is 7.72. The Morgan fingerprint density at radius 2 is 1.65 bits per heavy atom. The molecule has 0 bridgehead atoms. The van der Waals surface area contributed by atoms with Crippen LogP contribution >= 0.6 is 7.60 Å². The third-order valence-electron chi connectivity index (χ3n) is 3.23. The fourth-order valence-corrected chi connectivity index (χ4v) is 2.66. The Labute approximate surface area is 120 Å². The highest BCUT2D eigenvalue weighted by atomic mass is 31.2. The van der Waals surface area contributed by atoms with Crippen LogP contribution in [0.25, 0.3) is 0 Å². The first-order chi connectivity index (χ1) is 9.17. The Kier molecular flexibility index (Phi) is 5.14. The van der Waals surface area contributed by atoms with Gasteiger partial charge in [0, 0.05) is 32.5 Å². The first-order valence-electron chi connectivity index (χ1n) is 6.26. The molecule has 0 saturated carbocycles. The molecule has 0 aliphatic rings. The van der Waals surface area contributed by atoms with Gasteiger partial charge in [0.2, 0.25) is 0 Å². The number of hydrogen-bond acceptors (Lipinski definition) is 5. The summed E-state index contributed by atoms with van der Waals surface area (Å²) in [5.74, 6) is 0. The molecule has 0 heterocycles. The van der Waals surface area contributed by atoms with E-state index in [-0.39, 0.29) is 5.54 Å². The summed E-state index contributed by atoms with van der Waals surface area (Å²) in [6.45, 7) is 6.08. The zero-order valence-electron chi connectivity index (χ0n) is 12.8. The van der Waals surface area contributed by atoms with Gasteiger partial charge < -0.3 is 13.9 Å². The van der Waals surface area contributed by atoms with E-state index in [9.17, 15) is 9.36 Å². The second kappa shape index (κ2) is 6.08. The molecule has 0 atom stereocenters. The minimum Gasteiger partial charge on any atom is -0.369 e. The van der Waals surface area contributed by atoms with Crippen LogP contribution in [-0.2, 0) is 13.6 Å². The third-order valence-corrected chi connectivity index (χ3v) is 4.93. The van der Waals surface area contributed by atoms with E-state index in [1.54, 1.807) is 12.1 Å². The van der Waals surface area contributed by atoms with Crippen LogP contribution in [0.5, 0.6) is 0 Å². The fourth-order valence-electron chi connectivity index (χ4n) is 1.70. The predicted octanol–water partition coefficient (Wildman–Crippen LogP) is 3.55. The van der Waals surface area contributed by atoms with Crippen molar-refractivity contribution in [1.29, 1.82) is 0 Å². The number of benzene rings is 1. The topological polar surface area (TPSA) is 55.8 Å². The van der Waals surface area contributed by atoms with Crippen molar-refractivity contribution >= 4 is 18.8 Å². The molecule has 0 aliphatic carbocycles. The Morgan fingerprint density at radius 3 is 2.10 bits per heavy atom. The third kappa shape index (κ3) is 3.29. The van der Waals surface area contributed by atoms with Crippen molar-refractivity contribution in [2.24, 2.45) is 0 Å². The van der Waals surface area contributed by atoms with Crippen LogP contribution in [0.2, 0.25) is 0 Å². The quantitative estimate of drug-likeness (QED) is 0.778. The lowest BCUT2D eigenvalue weighted by Gasteiger charge is -2.35. The molecule has 1 aromatic rings. The molecule has 5 nitrogen and oxygen atoms in total. The van der Waals surface area contributed by atoms with Crippen molar-refractivity contribution < 1.29 is 18.4 Å². The average Bonchev–Trinajstić information content (AvgIpc) is 2.43. The molecule has 6 heteroatoms. The van der Waals surface area contributed by atoms with E-state index in [0.29, 0.717) is 11.3 Å². The van der Waals surface area contributed by atoms with Crippen molar-refractivity contribution in [3.05, 3.63) is 29.8 Å². The number of anilines is 1. The number of para-hydroxylation sites is 1. The summed E-state index contributed by atoms with van der Waals surface area (Å²) < 4.78 is 21.8. The molecule has 0 aliphatic heterocycles. The lowest BCUT2D eigenvalue weighted by molar-refractivity contribution is 0.102.